The van der Waals surface area contributed by atoms with Crippen LogP contribution in [0.15, 0.2) is 36.4 Å². The molecule has 0 bridgehead atoms. The lowest BCUT2D eigenvalue weighted by Gasteiger charge is -2.36. The summed E-state index contributed by atoms with van der Waals surface area (Å²) in [5, 5.41) is 11.5. The summed E-state index contributed by atoms with van der Waals surface area (Å²) < 4.78 is 19.4. The van der Waals surface area contributed by atoms with E-state index < -0.39 is 10.8 Å². The number of benzene rings is 2. The number of non-ortho nitro benzene ring substituents is 1. The van der Waals surface area contributed by atoms with Crippen LogP contribution in [0, 0.1) is 15.9 Å². The standard InChI is InChI=1S/C21H20ClFN4O5/c22-16-2-1-3-17(23)15(16)11-24-6-8-25(9-7-24)20(28)12-26-18-10-14(27(30)31)4-5-19(18)32-13-21(26)29/h1-5,10H,6-9,11-13H2. The second-order valence-electron chi connectivity index (χ2n) is 7.53. The fourth-order valence-electron chi connectivity index (χ4n) is 3.78. The molecule has 0 spiro atoms. The number of halogens is 2. The Kier molecular flexibility index (Phi) is 6.24. The first kappa shape index (κ1) is 22.0. The Balaban J connectivity index is 1.40. The third kappa shape index (κ3) is 4.51. The van der Waals surface area contributed by atoms with Gasteiger partial charge in [-0.25, -0.2) is 4.39 Å². The molecule has 2 aliphatic rings. The second kappa shape index (κ2) is 9.09. The van der Waals surface area contributed by atoms with E-state index in [2.05, 4.69) is 0 Å². The first-order valence-electron chi connectivity index (χ1n) is 9.98. The normalized spacial score (nSPS) is 16.5. The van der Waals surface area contributed by atoms with Crippen LogP contribution in [0.5, 0.6) is 5.75 Å². The van der Waals surface area contributed by atoms with E-state index in [4.69, 9.17) is 16.3 Å². The van der Waals surface area contributed by atoms with Gasteiger partial charge in [-0.05, 0) is 18.2 Å². The summed E-state index contributed by atoms with van der Waals surface area (Å²) in [5.74, 6) is -0.773. The van der Waals surface area contributed by atoms with Gasteiger partial charge in [-0.2, -0.15) is 0 Å². The van der Waals surface area contributed by atoms with E-state index in [1.54, 1.807) is 17.0 Å². The average Bonchev–Trinajstić information content (AvgIpc) is 2.78. The molecule has 2 aromatic carbocycles. The third-order valence-electron chi connectivity index (χ3n) is 5.56. The number of carbonyl (C=O) groups excluding carboxylic acids is 2. The molecule has 1 fully saturated rings. The van der Waals surface area contributed by atoms with Gasteiger partial charge in [0.2, 0.25) is 5.91 Å². The van der Waals surface area contributed by atoms with Gasteiger partial charge >= 0.3 is 0 Å². The zero-order valence-corrected chi connectivity index (χ0v) is 17.8. The molecule has 0 unspecified atom stereocenters. The van der Waals surface area contributed by atoms with Crippen LogP contribution in [0.1, 0.15) is 5.56 Å². The number of rotatable bonds is 5. The molecule has 9 nitrogen and oxygen atoms in total. The summed E-state index contributed by atoms with van der Waals surface area (Å²) in [4.78, 5) is 40.6. The van der Waals surface area contributed by atoms with E-state index in [9.17, 15) is 24.1 Å². The Morgan fingerprint density at radius 2 is 1.94 bits per heavy atom. The highest BCUT2D eigenvalue weighted by atomic mass is 35.5. The van der Waals surface area contributed by atoms with Crippen LogP contribution in [0.3, 0.4) is 0 Å². The fourth-order valence-corrected chi connectivity index (χ4v) is 4.00. The molecule has 2 heterocycles. The molecule has 0 aliphatic carbocycles. The maximum Gasteiger partial charge on any atom is 0.271 e. The predicted octanol–water partition coefficient (Wildman–Crippen LogP) is 2.46. The minimum absolute atomic E-state index is 0.195. The van der Waals surface area contributed by atoms with Crippen LogP contribution in [0.2, 0.25) is 5.02 Å². The average molecular weight is 463 g/mol. The maximum atomic E-state index is 14.0. The highest BCUT2D eigenvalue weighted by Gasteiger charge is 2.31. The molecule has 2 aromatic rings. The molecule has 0 saturated carbocycles. The Labute approximate surface area is 188 Å². The molecule has 4 rings (SSSR count). The van der Waals surface area contributed by atoms with Crippen LogP contribution in [-0.2, 0) is 16.1 Å². The molecule has 32 heavy (non-hydrogen) atoms. The van der Waals surface area contributed by atoms with Gasteiger partial charge < -0.3 is 9.64 Å². The lowest BCUT2D eigenvalue weighted by Crippen LogP contribution is -2.52. The van der Waals surface area contributed by atoms with Gasteiger partial charge in [-0.1, -0.05) is 17.7 Å². The van der Waals surface area contributed by atoms with E-state index in [0.29, 0.717) is 49.1 Å². The number of ether oxygens (including phenoxy) is 1. The molecular formula is C21H20ClFN4O5. The third-order valence-corrected chi connectivity index (χ3v) is 5.91. The molecule has 0 N–H and O–H groups in total. The van der Waals surface area contributed by atoms with Gasteiger partial charge in [0.25, 0.3) is 11.6 Å². The van der Waals surface area contributed by atoms with Crippen molar-refractivity contribution in [3.8, 4) is 5.75 Å². The zero-order valence-electron chi connectivity index (χ0n) is 17.0. The Morgan fingerprint density at radius 1 is 1.19 bits per heavy atom. The van der Waals surface area contributed by atoms with E-state index in [-0.39, 0.29) is 36.3 Å². The Hall–Kier alpha value is -3.24. The number of nitro groups is 1. The van der Waals surface area contributed by atoms with Crippen molar-refractivity contribution in [1.82, 2.24) is 9.80 Å². The number of fused-ring (bicyclic) bond motifs is 1. The maximum absolute atomic E-state index is 14.0. The number of hydrogen-bond acceptors (Lipinski definition) is 6. The molecule has 2 aliphatic heterocycles. The molecule has 0 aromatic heterocycles. The molecular weight excluding hydrogens is 443 g/mol. The van der Waals surface area contributed by atoms with Crippen LogP contribution in [0.25, 0.3) is 0 Å². The van der Waals surface area contributed by atoms with Crippen molar-refractivity contribution < 1.29 is 23.6 Å². The van der Waals surface area contributed by atoms with Crippen molar-refractivity contribution in [2.75, 3.05) is 44.2 Å². The first-order chi connectivity index (χ1) is 15.3. The predicted molar refractivity (Wildman–Crippen MR) is 114 cm³/mol. The summed E-state index contributed by atoms with van der Waals surface area (Å²) in [6.07, 6.45) is 0. The van der Waals surface area contributed by atoms with E-state index in [1.807, 2.05) is 4.90 Å². The van der Waals surface area contributed by atoms with Gasteiger partial charge in [0.1, 0.15) is 18.1 Å². The van der Waals surface area contributed by atoms with Gasteiger partial charge in [0, 0.05) is 55.4 Å². The minimum Gasteiger partial charge on any atom is -0.482 e. The monoisotopic (exact) mass is 462 g/mol. The lowest BCUT2D eigenvalue weighted by molar-refractivity contribution is -0.384. The van der Waals surface area contributed by atoms with E-state index >= 15 is 0 Å². The summed E-state index contributed by atoms with van der Waals surface area (Å²) in [6, 6.07) is 8.50. The van der Waals surface area contributed by atoms with Gasteiger partial charge in [-0.15, -0.1) is 0 Å². The molecule has 1 saturated heterocycles. The summed E-state index contributed by atoms with van der Waals surface area (Å²) >= 11 is 6.10. The summed E-state index contributed by atoms with van der Waals surface area (Å²) in [6.45, 7) is 1.72. The number of nitrogens with zero attached hydrogens (tertiary/aromatic N) is 4. The Bertz CT molecular complexity index is 1050. The lowest BCUT2D eigenvalue weighted by atomic mass is 10.1. The fraction of sp³-hybridized carbons (Fsp3) is 0.333. The molecule has 0 radical (unpaired) electrons. The van der Waals surface area contributed by atoms with Crippen molar-refractivity contribution in [2.45, 2.75) is 6.54 Å². The van der Waals surface area contributed by atoms with E-state index in [0.717, 1.165) is 0 Å². The van der Waals surface area contributed by atoms with Gasteiger partial charge in [-0.3, -0.25) is 29.5 Å². The van der Waals surface area contributed by atoms with Crippen molar-refractivity contribution in [1.29, 1.82) is 0 Å². The topological polar surface area (TPSA) is 96.2 Å². The van der Waals surface area contributed by atoms with E-state index in [1.165, 1.54) is 29.2 Å². The molecule has 11 heteroatoms. The summed E-state index contributed by atoms with van der Waals surface area (Å²) in [7, 11) is 0. The van der Waals surface area contributed by atoms with Gasteiger partial charge in [0.05, 0.1) is 10.6 Å². The largest absolute Gasteiger partial charge is 0.482 e. The van der Waals surface area contributed by atoms with Crippen molar-refractivity contribution in [3.05, 3.63) is 62.9 Å². The number of nitro benzene ring substituents is 1. The van der Waals surface area contributed by atoms with Crippen LogP contribution >= 0.6 is 11.6 Å². The van der Waals surface area contributed by atoms with Gasteiger partial charge in [0.15, 0.2) is 6.61 Å². The zero-order chi connectivity index (χ0) is 22.8. The second-order valence-corrected chi connectivity index (χ2v) is 7.94. The molecule has 2 amide bonds. The summed E-state index contributed by atoms with van der Waals surface area (Å²) in [5.41, 5.74) is 0.433. The van der Waals surface area contributed by atoms with Crippen molar-refractivity contribution in [3.63, 3.8) is 0 Å². The van der Waals surface area contributed by atoms with Crippen LogP contribution in [-0.4, -0.2) is 65.9 Å². The first-order valence-corrected chi connectivity index (χ1v) is 10.4. The van der Waals surface area contributed by atoms with Crippen LogP contribution in [0.4, 0.5) is 15.8 Å². The van der Waals surface area contributed by atoms with Crippen LogP contribution < -0.4 is 9.64 Å². The molecule has 168 valence electrons. The minimum atomic E-state index is -0.569. The quantitative estimate of drug-likeness (QED) is 0.500. The highest BCUT2D eigenvalue weighted by molar-refractivity contribution is 6.31. The Morgan fingerprint density at radius 3 is 2.62 bits per heavy atom. The smallest absolute Gasteiger partial charge is 0.271 e. The SMILES string of the molecule is O=C(CN1C(=O)COc2ccc([N+](=O)[O-])cc21)N1CCN(Cc2c(F)cccc2Cl)CC1. The van der Waals surface area contributed by atoms with Crippen molar-refractivity contribution >= 4 is 34.8 Å². The number of amides is 2. The number of piperazine rings is 1. The number of carbonyl (C=O) groups is 2. The molecule has 0 atom stereocenters. The number of hydrogen-bond donors (Lipinski definition) is 0. The van der Waals surface area contributed by atoms with Crippen molar-refractivity contribution in [2.24, 2.45) is 0 Å². The highest BCUT2D eigenvalue weighted by Crippen LogP contribution is 2.35. The number of anilines is 1.